The molecule has 1 aromatic carbocycles. The lowest BCUT2D eigenvalue weighted by atomic mass is 10.1. The van der Waals surface area contributed by atoms with Gasteiger partial charge in [0.1, 0.15) is 5.56 Å². The van der Waals surface area contributed by atoms with Crippen LogP contribution < -0.4 is 14.8 Å². The van der Waals surface area contributed by atoms with Crippen LogP contribution >= 0.6 is 0 Å². The Hall–Kier alpha value is -2.73. The van der Waals surface area contributed by atoms with Gasteiger partial charge in [-0.25, -0.2) is 4.79 Å². The van der Waals surface area contributed by atoms with Crippen molar-refractivity contribution >= 4 is 8.32 Å². The molecule has 0 bridgehead atoms. The lowest BCUT2D eigenvalue weighted by Crippen LogP contribution is -2.44. The van der Waals surface area contributed by atoms with Crippen molar-refractivity contribution in [1.82, 2.24) is 4.57 Å². The van der Waals surface area contributed by atoms with Crippen molar-refractivity contribution in [3.05, 3.63) is 59.1 Å². The Balaban J connectivity index is 2.39. The van der Waals surface area contributed by atoms with Crippen LogP contribution in [0.1, 0.15) is 34.6 Å². The first-order valence-electron chi connectivity index (χ1n) is 10.7. The van der Waals surface area contributed by atoms with Gasteiger partial charge in [-0.05, 0) is 49.7 Å². The summed E-state index contributed by atoms with van der Waals surface area (Å²) in [4.78, 5) is 13.3. The van der Waals surface area contributed by atoms with Gasteiger partial charge in [-0.2, -0.15) is 0 Å². The summed E-state index contributed by atoms with van der Waals surface area (Å²) in [6.45, 7) is 14.8. The highest BCUT2D eigenvalue weighted by atomic mass is 28.4. The van der Waals surface area contributed by atoms with E-state index in [1.807, 2.05) is 74.1 Å². The highest BCUT2D eigenvalue weighted by Crippen LogP contribution is 2.47. The zero-order valence-electron chi connectivity index (χ0n) is 19.8. The third kappa shape index (κ3) is 4.64. The standard InChI is InChI=1S/C25H33NO4Si/c1-17(2)28-22-20(18-13-10-9-11-14-18)24(27)29-21(19-15-12-16-26(19)6)23(22)30-31(7,8)25(3,4)5/h9-17H,1-8H3. The Bertz CT molecular complexity index is 1100. The van der Waals surface area contributed by atoms with Crippen molar-refractivity contribution in [2.45, 2.75) is 58.9 Å². The van der Waals surface area contributed by atoms with Crippen LogP contribution in [0.3, 0.4) is 0 Å². The summed E-state index contributed by atoms with van der Waals surface area (Å²) >= 11 is 0. The predicted molar refractivity (Wildman–Crippen MR) is 128 cm³/mol. The number of rotatable bonds is 6. The van der Waals surface area contributed by atoms with Crippen LogP contribution in [-0.2, 0) is 7.05 Å². The first-order chi connectivity index (χ1) is 14.4. The summed E-state index contributed by atoms with van der Waals surface area (Å²) in [6, 6.07) is 13.3. The van der Waals surface area contributed by atoms with Crippen LogP contribution in [0.4, 0.5) is 0 Å². The minimum atomic E-state index is -2.28. The molecule has 0 fully saturated rings. The summed E-state index contributed by atoms with van der Waals surface area (Å²) in [5.41, 5.74) is 1.45. The van der Waals surface area contributed by atoms with E-state index in [1.54, 1.807) is 0 Å². The molecule has 0 spiro atoms. The van der Waals surface area contributed by atoms with Crippen molar-refractivity contribution in [2.24, 2.45) is 7.05 Å². The summed E-state index contributed by atoms with van der Waals surface area (Å²) in [5, 5.41) is -0.0450. The van der Waals surface area contributed by atoms with Crippen molar-refractivity contribution in [1.29, 1.82) is 0 Å². The summed E-state index contributed by atoms with van der Waals surface area (Å²) in [7, 11) is -0.366. The third-order valence-electron chi connectivity index (χ3n) is 5.79. The lowest BCUT2D eigenvalue weighted by molar-refractivity contribution is 0.233. The molecule has 0 N–H and O–H groups in total. The van der Waals surface area contributed by atoms with Gasteiger partial charge >= 0.3 is 5.63 Å². The van der Waals surface area contributed by atoms with Gasteiger partial charge < -0.3 is 18.1 Å². The molecule has 6 heteroatoms. The average molecular weight is 440 g/mol. The van der Waals surface area contributed by atoms with Gasteiger partial charge in [-0.15, -0.1) is 0 Å². The van der Waals surface area contributed by atoms with Crippen LogP contribution in [0.15, 0.2) is 57.9 Å². The molecule has 2 heterocycles. The van der Waals surface area contributed by atoms with Crippen LogP contribution in [0.25, 0.3) is 22.6 Å². The van der Waals surface area contributed by atoms with E-state index in [4.69, 9.17) is 13.6 Å². The van der Waals surface area contributed by atoms with Crippen LogP contribution in [0.2, 0.25) is 18.1 Å². The van der Waals surface area contributed by atoms with Crippen molar-refractivity contribution in [2.75, 3.05) is 0 Å². The van der Waals surface area contributed by atoms with Crippen molar-refractivity contribution < 1.29 is 13.6 Å². The van der Waals surface area contributed by atoms with Gasteiger partial charge in [0, 0.05) is 13.2 Å². The van der Waals surface area contributed by atoms with E-state index in [9.17, 15) is 4.79 Å². The molecule has 0 amide bonds. The van der Waals surface area contributed by atoms with Crippen LogP contribution in [-0.4, -0.2) is 19.0 Å². The Morgan fingerprint density at radius 2 is 1.65 bits per heavy atom. The largest absolute Gasteiger partial charge is 0.538 e. The SMILES string of the molecule is CC(C)Oc1c(O[Si](C)(C)C(C)(C)C)c(-c2cccn2C)oc(=O)c1-c1ccccc1. The molecular formula is C25H33NO4Si. The lowest BCUT2D eigenvalue weighted by Gasteiger charge is -2.37. The molecule has 3 aromatic rings. The second-order valence-corrected chi connectivity index (χ2v) is 14.4. The maximum Gasteiger partial charge on any atom is 0.348 e. The molecule has 0 aliphatic heterocycles. The highest BCUT2D eigenvalue weighted by Gasteiger charge is 2.41. The van der Waals surface area contributed by atoms with Gasteiger partial charge in [0.2, 0.25) is 0 Å². The van der Waals surface area contributed by atoms with E-state index in [0.29, 0.717) is 22.8 Å². The molecule has 0 unspecified atom stereocenters. The summed E-state index contributed by atoms with van der Waals surface area (Å²) in [5.74, 6) is 1.34. The predicted octanol–water partition coefficient (Wildman–Crippen LogP) is 6.48. The van der Waals surface area contributed by atoms with E-state index >= 15 is 0 Å². The molecule has 0 radical (unpaired) electrons. The second-order valence-electron chi connectivity index (χ2n) is 9.65. The van der Waals surface area contributed by atoms with Crippen LogP contribution in [0.5, 0.6) is 11.5 Å². The normalized spacial score (nSPS) is 12.3. The van der Waals surface area contributed by atoms with Crippen molar-refractivity contribution in [3.8, 4) is 34.1 Å². The van der Waals surface area contributed by atoms with Gasteiger partial charge in [0.05, 0.1) is 11.8 Å². The van der Waals surface area contributed by atoms with E-state index in [1.165, 1.54) is 0 Å². The number of hydrogen-bond donors (Lipinski definition) is 0. The molecule has 5 nitrogen and oxygen atoms in total. The third-order valence-corrected chi connectivity index (χ3v) is 10.1. The highest BCUT2D eigenvalue weighted by molar-refractivity contribution is 6.74. The molecular weight excluding hydrogens is 406 g/mol. The molecule has 0 aliphatic rings. The quantitative estimate of drug-likeness (QED) is 0.412. The fourth-order valence-corrected chi connectivity index (χ4v) is 4.07. The summed E-state index contributed by atoms with van der Waals surface area (Å²) in [6.07, 6.45) is 1.77. The summed E-state index contributed by atoms with van der Waals surface area (Å²) < 4.78 is 20.9. The first kappa shape index (κ1) is 22.9. The number of benzene rings is 1. The molecule has 0 atom stereocenters. The molecule has 0 saturated carbocycles. The monoisotopic (exact) mass is 439 g/mol. The topological polar surface area (TPSA) is 53.6 Å². The molecule has 3 rings (SSSR count). The molecule has 0 saturated heterocycles. The van der Waals surface area contributed by atoms with E-state index in [0.717, 1.165) is 11.3 Å². The van der Waals surface area contributed by atoms with Crippen LogP contribution in [0, 0.1) is 0 Å². The minimum absolute atomic E-state index is 0.0450. The second kappa shape index (κ2) is 8.42. The minimum Gasteiger partial charge on any atom is -0.538 e. The van der Waals surface area contributed by atoms with E-state index < -0.39 is 13.9 Å². The van der Waals surface area contributed by atoms with Crippen molar-refractivity contribution in [3.63, 3.8) is 0 Å². The Kier molecular flexibility index (Phi) is 6.23. The molecule has 0 aliphatic carbocycles. The average Bonchev–Trinajstić information content (AvgIpc) is 3.09. The van der Waals surface area contributed by atoms with Gasteiger partial charge in [-0.3, -0.25) is 0 Å². The number of aryl methyl sites for hydroxylation is 1. The van der Waals surface area contributed by atoms with Gasteiger partial charge in [0.15, 0.2) is 17.3 Å². The maximum absolute atomic E-state index is 13.3. The van der Waals surface area contributed by atoms with E-state index in [2.05, 4.69) is 33.9 Å². The maximum atomic E-state index is 13.3. The Morgan fingerprint density at radius 1 is 1.00 bits per heavy atom. The smallest absolute Gasteiger partial charge is 0.348 e. The molecule has 31 heavy (non-hydrogen) atoms. The number of aromatic nitrogens is 1. The number of ether oxygens (including phenoxy) is 1. The van der Waals surface area contributed by atoms with Gasteiger partial charge in [-0.1, -0.05) is 51.1 Å². The molecule has 2 aromatic heterocycles. The first-order valence-corrected chi connectivity index (χ1v) is 13.6. The number of hydrogen-bond acceptors (Lipinski definition) is 4. The van der Waals surface area contributed by atoms with E-state index in [-0.39, 0.29) is 11.1 Å². The molecule has 166 valence electrons. The Morgan fingerprint density at radius 3 is 2.16 bits per heavy atom. The van der Waals surface area contributed by atoms with Gasteiger partial charge in [0.25, 0.3) is 8.32 Å². The number of nitrogens with zero attached hydrogens (tertiary/aromatic N) is 1. The zero-order valence-corrected chi connectivity index (χ0v) is 20.8. The fraction of sp³-hybridized carbons (Fsp3) is 0.400. The Labute approximate surface area is 185 Å². The zero-order chi connectivity index (χ0) is 23.0. The fourth-order valence-electron chi connectivity index (χ4n) is 3.07.